The SMILES string of the molecule is Nc1ccn(CO[C@H](CO)C(CO)OP(=O)(O)O)c(=O)n1. The van der Waals surface area contributed by atoms with E-state index < -0.39 is 38.9 Å². The van der Waals surface area contributed by atoms with Gasteiger partial charge in [-0.25, -0.2) is 9.36 Å². The molecule has 11 nitrogen and oxygen atoms in total. The number of rotatable bonds is 8. The molecule has 0 radical (unpaired) electrons. The molecule has 0 saturated carbocycles. The number of aliphatic hydroxyl groups is 2. The summed E-state index contributed by atoms with van der Waals surface area (Å²) in [5.74, 6) is 0.0213. The van der Waals surface area contributed by atoms with Crippen LogP contribution in [-0.2, 0) is 20.6 Å². The molecule has 1 aromatic rings. The molecular formula is C9H16N3O8P. The van der Waals surface area contributed by atoms with Crippen molar-refractivity contribution in [1.82, 2.24) is 9.55 Å². The van der Waals surface area contributed by atoms with Gasteiger partial charge in [-0.1, -0.05) is 0 Å². The first kappa shape index (κ1) is 17.7. The number of anilines is 1. The minimum atomic E-state index is -4.87. The summed E-state index contributed by atoms with van der Waals surface area (Å²) in [6, 6.07) is 1.34. The summed E-state index contributed by atoms with van der Waals surface area (Å²) in [5.41, 5.74) is 4.60. The van der Waals surface area contributed by atoms with Crippen molar-refractivity contribution in [2.24, 2.45) is 0 Å². The lowest BCUT2D eigenvalue weighted by Crippen LogP contribution is -2.38. The fraction of sp³-hybridized carbons (Fsp3) is 0.556. The van der Waals surface area contributed by atoms with Crippen LogP contribution in [0.1, 0.15) is 0 Å². The first-order valence-corrected chi connectivity index (χ1v) is 7.20. The first-order valence-electron chi connectivity index (χ1n) is 5.67. The number of phosphoric ester groups is 1. The van der Waals surface area contributed by atoms with Crippen LogP contribution in [0, 0.1) is 0 Å². The molecular weight excluding hydrogens is 309 g/mol. The van der Waals surface area contributed by atoms with Gasteiger partial charge in [-0.2, -0.15) is 4.98 Å². The smallest absolute Gasteiger partial charge is 0.394 e. The molecule has 0 aromatic carbocycles. The van der Waals surface area contributed by atoms with E-state index in [1.807, 2.05) is 0 Å². The molecule has 0 amide bonds. The number of hydrogen-bond donors (Lipinski definition) is 5. The summed E-state index contributed by atoms with van der Waals surface area (Å²) in [4.78, 5) is 32.2. The second-order valence-corrected chi connectivity index (χ2v) is 5.13. The zero-order valence-electron chi connectivity index (χ0n) is 10.8. The zero-order valence-corrected chi connectivity index (χ0v) is 11.7. The number of hydrogen-bond acceptors (Lipinski definition) is 8. The third-order valence-electron chi connectivity index (χ3n) is 2.37. The Balaban J connectivity index is 2.72. The van der Waals surface area contributed by atoms with E-state index in [4.69, 9.17) is 30.5 Å². The van der Waals surface area contributed by atoms with Gasteiger partial charge in [-0.05, 0) is 6.07 Å². The molecule has 1 rings (SSSR count). The van der Waals surface area contributed by atoms with Gasteiger partial charge in [0.2, 0.25) is 0 Å². The lowest BCUT2D eigenvalue weighted by Gasteiger charge is -2.24. The van der Waals surface area contributed by atoms with Gasteiger partial charge in [-0.3, -0.25) is 9.09 Å². The number of phosphoric acid groups is 1. The van der Waals surface area contributed by atoms with Gasteiger partial charge in [0, 0.05) is 6.20 Å². The van der Waals surface area contributed by atoms with Gasteiger partial charge in [0.25, 0.3) is 0 Å². The third-order valence-corrected chi connectivity index (χ3v) is 2.92. The van der Waals surface area contributed by atoms with Crippen molar-refractivity contribution in [2.45, 2.75) is 18.9 Å². The molecule has 0 aliphatic carbocycles. The van der Waals surface area contributed by atoms with Gasteiger partial charge in [0.15, 0.2) is 0 Å². The highest BCUT2D eigenvalue weighted by molar-refractivity contribution is 7.46. The van der Waals surface area contributed by atoms with Crippen LogP contribution in [0.25, 0.3) is 0 Å². The minimum Gasteiger partial charge on any atom is -0.394 e. The molecule has 0 aliphatic rings. The topological polar surface area (TPSA) is 177 Å². The molecule has 1 aromatic heterocycles. The molecule has 6 N–H and O–H groups in total. The quantitative estimate of drug-likeness (QED) is 0.324. The van der Waals surface area contributed by atoms with Crippen molar-refractivity contribution < 1.29 is 33.8 Å². The zero-order chi connectivity index (χ0) is 16.0. The molecule has 120 valence electrons. The van der Waals surface area contributed by atoms with Crippen molar-refractivity contribution in [3.05, 3.63) is 22.7 Å². The standard InChI is InChI=1S/C9H16N3O8P/c10-8-1-2-12(9(15)11-8)5-19-6(3-13)7(4-14)20-21(16,17)18/h1-2,6-7,13-14H,3-5H2,(H2,10,11,15)(H2,16,17,18)/t6-,7?/m1/s1. The average Bonchev–Trinajstić information content (AvgIpc) is 2.38. The van der Waals surface area contributed by atoms with E-state index in [0.29, 0.717) is 0 Å². The summed E-state index contributed by atoms with van der Waals surface area (Å²) in [5, 5.41) is 18.1. The van der Waals surface area contributed by atoms with E-state index in [9.17, 15) is 9.36 Å². The molecule has 12 heteroatoms. The molecule has 1 heterocycles. The minimum absolute atomic E-state index is 0.0213. The summed E-state index contributed by atoms with van der Waals surface area (Å²) in [6.45, 7) is -1.87. The number of aliphatic hydroxyl groups excluding tert-OH is 2. The van der Waals surface area contributed by atoms with Crippen LogP contribution < -0.4 is 11.4 Å². The maximum atomic E-state index is 11.4. The van der Waals surface area contributed by atoms with E-state index in [-0.39, 0.29) is 12.5 Å². The largest absolute Gasteiger partial charge is 0.470 e. The van der Waals surface area contributed by atoms with Gasteiger partial charge >= 0.3 is 13.5 Å². The van der Waals surface area contributed by atoms with Crippen molar-refractivity contribution in [3.8, 4) is 0 Å². The average molecular weight is 325 g/mol. The van der Waals surface area contributed by atoms with Crippen LogP contribution in [0.2, 0.25) is 0 Å². The Morgan fingerprint density at radius 2 is 1.95 bits per heavy atom. The summed E-state index contributed by atoms with van der Waals surface area (Å²) < 4.78 is 21.1. The molecule has 0 spiro atoms. The molecule has 0 aliphatic heterocycles. The van der Waals surface area contributed by atoms with Crippen LogP contribution in [0.3, 0.4) is 0 Å². The first-order chi connectivity index (χ1) is 9.76. The van der Waals surface area contributed by atoms with Crippen LogP contribution in [0.4, 0.5) is 5.82 Å². The van der Waals surface area contributed by atoms with Gasteiger partial charge in [0.05, 0.1) is 13.2 Å². The van der Waals surface area contributed by atoms with E-state index in [0.717, 1.165) is 4.57 Å². The van der Waals surface area contributed by atoms with Gasteiger partial charge < -0.3 is 30.5 Å². The highest BCUT2D eigenvalue weighted by atomic mass is 31.2. The molecule has 1 unspecified atom stereocenters. The van der Waals surface area contributed by atoms with Crippen molar-refractivity contribution in [3.63, 3.8) is 0 Å². The van der Waals surface area contributed by atoms with Gasteiger partial charge in [-0.15, -0.1) is 0 Å². The summed E-state index contributed by atoms with van der Waals surface area (Å²) in [7, 11) is -4.87. The second kappa shape index (κ2) is 7.61. The third kappa shape index (κ3) is 5.89. The highest BCUT2D eigenvalue weighted by Gasteiger charge is 2.29. The van der Waals surface area contributed by atoms with Crippen LogP contribution in [-0.4, -0.2) is 55.0 Å². The number of nitrogens with zero attached hydrogens (tertiary/aromatic N) is 2. The predicted octanol–water partition coefficient (Wildman–Crippen LogP) is -2.37. The Kier molecular flexibility index (Phi) is 6.42. The molecule has 0 fully saturated rings. The monoisotopic (exact) mass is 325 g/mol. The van der Waals surface area contributed by atoms with Gasteiger partial charge in [0.1, 0.15) is 24.8 Å². The Hall–Kier alpha value is -1.33. The van der Waals surface area contributed by atoms with Crippen molar-refractivity contribution in [2.75, 3.05) is 18.9 Å². The number of nitrogens with two attached hydrogens (primary N) is 1. The number of aromatic nitrogens is 2. The molecule has 0 saturated heterocycles. The Labute approximate surface area is 118 Å². The fourth-order valence-corrected chi connectivity index (χ4v) is 1.94. The van der Waals surface area contributed by atoms with E-state index in [2.05, 4.69) is 9.51 Å². The van der Waals surface area contributed by atoms with Crippen LogP contribution >= 0.6 is 7.82 Å². The summed E-state index contributed by atoms with van der Waals surface area (Å²) >= 11 is 0. The normalized spacial score (nSPS) is 14.9. The maximum Gasteiger partial charge on any atom is 0.470 e. The molecule has 21 heavy (non-hydrogen) atoms. The maximum absolute atomic E-state index is 11.4. The van der Waals surface area contributed by atoms with Crippen molar-refractivity contribution >= 4 is 13.6 Å². The molecule has 2 atom stereocenters. The number of ether oxygens (including phenoxy) is 1. The Morgan fingerprint density at radius 1 is 1.33 bits per heavy atom. The van der Waals surface area contributed by atoms with Crippen molar-refractivity contribution in [1.29, 1.82) is 0 Å². The summed E-state index contributed by atoms with van der Waals surface area (Å²) in [6.07, 6.45) is -1.43. The second-order valence-electron chi connectivity index (χ2n) is 3.94. The lowest BCUT2D eigenvalue weighted by atomic mass is 10.2. The fourth-order valence-electron chi connectivity index (χ4n) is 1.39. The van der Waals surface area contributed by atoms with E-state index in [1.165, 1.54) is 12.3 Å². The highest BCUT2D eigenvalue weighted by Crippen LogP contribution is 2.38. The van der Waals surface area contributed by atoms with E-state index >= 15 is 0 Å². The predicted molar refractivity (Wildman–Crippen MR) is 68.9 cm³/mol. The Bertz CT molecular complexity index is 558. The Morgan fingerprint density at radius 3 is 2.43 bits per heavy atom. The number of nitrogen functional groups attached to an aromatic ring is 1. The van der Waals surface area contributed by atoms with Crippen LogP contribution in [0.15, 0.2) is 17.1 Å². The lowest BCUT2D eigenvalue weighted by molar-refractivity contribution is -0.0982. The molecule has 0 bridgehead atoms. The van der Waals surface area contributed by atoms with Crippen LogP contribution in [0.5, 0.6) is 0 Å². The van der Waals surface area contributed by atoms with E-state index in [1.54, 1.807) is 0 Å².